The molecule has 2 rings (SSSR count). The monoisotopic (exact) mass is 356 g/mol. The first kappa shape index (κ1) is 19.0. The molecule has 25 heavy (non-hydrogen) atoms. The molecule has 1 aliphatic carbocycles. The Labute approximate surface area is 143 Å². The molecule has 0 bridgehead atoms. The molecule has 136 valence electrons. The van der Waals surface area contributed by atoms with Crippen LogP contribution in [0.4, 0.5) is 13.2 Å². The Morgan fingerprint density at radius 2 is 1.80 bits per heavy atom. The molecular weight excluding hydrogens is 337 g/mol. The first-order chi connectivity index (χ1) is 11.5. The summed E-state index contributed by atoms with van der Waals surface area (Å²) in [7, 11) is 0. The number of alkyl halides is 3. The van der Waals surface area contributed by atoms with Crippen LogP contribution in [-0.4, -0.2) is 24.7 Å². The van der Waals surface area contributed by atoms with Crippen LogP contribution in [0.2, 0.25) is 0 Å². The van der Waals surface area contributed by atoms with E-state index in [1.165, 1.54) is 6.92 Å². The van der Waals surface area contributed by atoms with Crippen molar-refractivity contribution in [3.05, 3.63) is 41.5 Å². The van der Waals surface area contributed by atoms with Gasteiger partial charge in [-0.05, 0) is 25.5 Å². The summed E-state index contributed by atoms with van der Waals surface area (Å²) in [5.41, 5.74) is 0.0282. The smallest absolute Gasteiger partial charge is 0.422 e. The van der Waals surface area contributed by atoms with Crippen LogP contribution in [0.3, 0.4) is 0 Å². The van der Waals surface area contributed by atoms with Crippen molar-refractivity contribution in [2.45, 2.75) is 33.4 Å². The van der Waals surface area contributed by atoms with Gasteiger partial charge in [0.15, 0.2) is 6.61 Å². The lowest BCUT2D eigenvalue weighted by atomic mass is 9.57. The van der Waals surface area contributed by atoms with E-state index >= 15 is 0 Å². The van der Waals surface area contributed by atoms with E-state index in [4.69, 9.17) is 4.74 Å². The number of ether oxygens (including phenoxy) is 2. The zero-order valence-corrected chi connectivity index (χ0v) is 14.1. The van der Waals surface area contributed by atoms with Gasteiger partial charge < -0.3 is 9.47 Å². The molecule has 0 N–H and O–H groups in total. The van der Waals surface area contributed by atoms with Gasteiger partial charge in [-0.1, -0.05) is 37.6 Å². The summed E-state index contributed by atoms with van der Waals surface area (Å²) in [5.74, 6) is -1.51. The van der Waals surface area contributed by atoms with E-state index in [9.17, 15) is 22.8 Å². The van der Waals surface area contributed by atoms with Crippen LogP contribution in [-0.2, 0) is 14.3 Å². The molecule has 4 nitrogen and oxygen atoms in total. The normalized spacial score (nSPS) is 21.1. The predicted octanol–water partition coefficient (Wildman–Crippen LogP) is 4.06. The molecule has 1 unspecified atom stereocenters. The zero-order valence-electron chi connectivity index (χ0n) is 14.1. The number of allylic oxidation sites excluding steroid dienone is 1. The van der Waals surface area contributed by atoms with Crippen LogP contribution >= 0.6 is 0 Å². The van der Waals surface area contributed by atoms with Gasteiger partial charge in [0, 0.05) is 11.0 Å². The minimum absolute atomic E-state index is 0.109. The van der Waals surface area contributed by atoms with Gasteiger partial charge in [-0.15, -0.1) is 0 Å². The predicted molar refractivity (Wildman–Crippen MR) is 83.7 cm³/mol. The fraction of sp³-hybridized carbons (Fsp3) is 0.444. The highest BCUT2D eigenvalue weighted by molar-refractivity contribution is 5.90. The molecule has 1 aliphatic rings. The summed E-state index contributed by atoms with van der Waals surface area (Å²) in [6.45, 7) is 3.29. The molecule has 1 aromatic rings. The number of carbonyl (C=O) groups excluding carboxylic acids is 2. The first-order valence-corrected chi connectivity index (χ1v) is 7.73. The minimum atomic E-state index is -4.57. The van der Waals surface area contributed by atoms with Crippen LogP contribution in [0.1, 0.15) is 27.2 Å². The Balaban J connectivity index is 2.04. The molecule has 0 aliphatic heterocycles. The second kappa shape index (κ2) is 6.90. The maximum atomic E-state index is 12.3. The molecule has 0 amide bonds. The van der Waals surface area contributed by atoms with E-state index in [0.29, 0.717) is 11.3 Å². The van der Waals surface area contributed by atoms with E-state index in [1.54, 1.807) is 44.2 Å². The van der Waals surface area contributed by atoms with Crippen molar-refractivity contribution in [3.8, 4) is 5.75 Å². The van der Waals surface area contributed by atoms with Crippen LogP contribution in [0.5, 0.6) is 5.75 Å². The molecular formula is C18H19F3O4. The van der Waals surface area contributed by atoms with Crippen molar-refractivity contribution in [2.75, 3.05) is 6.61 Å². The molecule has 0 aromatic heterocycles. The number of carbonyl (C=O) groups is 2. The quantitative estimate of drug-likeness (QED) is 0.464. The van der Waals surface area contributed by atoms with E-state index in [2.05, 4.69) is 4.74 Å². The van der Waals surface area contributed by atoms with Gasteiger partial charge in [0.25, 0.3) is 0 Å². The lowest BCUT2D eigenvalue weighted by Gasteiger charge is -2.46. The average Bonchev–Trinajstić information content (AvgIpc) is 2.51. The number of hydrogen-bond acceptors (Lipinski definition) is 4. The maximum absolute atomic E-state index is 12.3. The summed E-state index contributed by atoms with van der Waals surface area (Å²) < 4.78 is 46.0. The van der Waals surface area contributed by atoms with Gasteiger partial charge in [-0.3, -0.25) is 4.79 Å². The minimum Gasteiger partial charge on any atom is -0.453 e. The maximum Gasteiger partial charge on any atom is 0.422 e. The summed E-state index contributed by atoms with van der Waals surface area (Å²) in [6, 6.07) is 8.57. The third-order valence-corrected chi connectivity index (χ3v) is 4.43. The lowest BCUT2D eigenvalue weighted by Crippen LogP contribution is -2.45. The Hall–Kier alpha value is -2.31. The van der Waals surface area contributed by atoms with Gasteiger partial charge >= 0.3 is 18.1 Å². The van der Waals surface area contributed by atoms with Crippen molar-refractivity contribution in [3.63, 3.8) is 0 Å². The molecule has 0 radical (unpaired) electrons. The molecule has 1 aromatic carbocycles. The van der Waals surface area contributed by atoms with Crippen molar-refractivity contribution in [1.29, 1.82) is 0 Å². The molecule has 1 saturated carbocycles. The van der Waals surface area contributed by atoms with Crippen LogP contribution in [0.25, 0.3) is 0 Å². The molecule has 0 spiro atoms. The molecule has 0 heterocycles. The standard InChI is InChI=1S/C18H19F3O4/c1-11(15(22)24-10-18(19,20)21)13-9-14(17(13,2)3)16(23)25-12-7-5-4-6-8-12/h4-8,14H,9-10H2,1-3H3/b13-11+. The van der Waals surface area contributed by atoms with Crippen LogP contribution < -0.4 is 4.74 Å². The Morgan fingerprint density at radius 3 is 2.32 bits per heavy atom. The van der Waals surface area contributed by atoms with E-state index in [-0.39, 0.29) is 12.0 Å². The second-order valence-corrected chi connectivity index (χ2v) is 6.51. The first-order valence-electron chi connectivity index (χ1n) is 7.73. The van der Waals surface area contributed by atoms with E-state index < -0.39 is 36.1 Å². The number of benzene rings is 1. The summed E-state index contributed by atoms with van der Waals surface area (Å²) >= 11 is 0. The van der Waals surface area contributed by atoms with Gasteiger partial charge in [0.1, 0.15) is 5.75 Å². The molecule has 1 atom stereocenters. The highest BCUT2D eigenvalue weighted by Gasteiger charge is 2.50. The highest BCUT2D eigenvalue weighted by atomic mass is 19.4. The number of esters is 2. The van der Waals surface area contributed by atoms with Crippen LogP contribution in [0.15, 0.2) is 41.5 Å². The fourth-order valence-electron chi connectivity index (χ4n) is 2.87. The second-order valence-electron chi connectivity index (χ2n) is 6.51. The van der Waals surface area contributed by atoms with Crippen LogP contribution in [0, 0.1) is 11.3 Å². The summed E-state index contributed by atoms with van der Waals surface area (Å²) in [5, 5.41) is 0. The largest absolute Gasteiger partial charge is 0.453 e. The van der Waals surface area contributed by atoms with Crippen molar-refractivity contribution in [2.24, 2.45) is 11.3 Å². The van der Waals surface area contributed by atoms with Gasteiger partial charge in [-0.2, -0.15) is 13.2 Å². The molecule has 1 fully saturated rings. The zero-order chi connectivity index (χ0) is 18.8. The van der Waals surface area contributed by atoms with E-state index in [0.717, 1.165) is 0 Å². The SMILES string of the molecule is C/C(C(=O)OCC(F)(F)F)=C1/CC(C(=O)Oc2ccccc2)C1(C)C. The van der Waals surface area contributed by atoms with Gasteiger partial charge in [0.05, 0.1) is 5.92 Å². The van der Waals surface area contributed by atoms with Gasteiger partial charge in [0.2, 0.25) is 0 Å². The summed E-state index contributed by atoms with van der Waals surface area (Å²) in [4.78, 5) is 24.1. The molecule has 0 saturated heterocycles. The highest BCUT2D eigenvalue weighted by Crippen LogP contribution is 2.52. The lowest BCUT2D eigenvalue weighted by molar-refractivity contribution is -0.183. The third-order valence-electron chi connectivity index (χ3n) is 4.43. The number of halogens is 3. The van der Waals surface area contributed by atoms with Crippen molar-refractivity contribution >= 4 is 11.9 Å². The van der Waals surface area contributed by atoms with E-state index in [1.807, 2.05) is 0 Å². The Kier molecular flexibility index (Phi) is 5.25. The topological polar surface area (TPSA) is 52.6 Å². The molecule has 7 heteroatoms. The Morgan fingerprint density at radius 1 is 1.20 bits per heavy atom. The number of para-hydroxylation sites is 1. The van der Waals surface area contributed by atoms with Crippen molar-refractivity contribution < 1.29 is 32.2 Å². The summed E-state index contributed by atoms with van der Waals surface area (Å²) in [6.07, 6.45) is -4.32. The van der Waals surface area contributed by atoms with Gasteiger partial charge in [-0.25, -0.2) is 4.79 Å². The number of rotatable bonds is 4. The fourth-order valence-corrected chi connectivity index (χ4v) is 2.87. The number of hydrogen-bond donors (Lipinski definition) is 0. The Bertz CT molecular complexity index is 690. The third kappa shape index (κ3) is 4.41. The average molecular weight is 356 g/mol. The van der Waals surface area contributed by atoms with Crippen molar-refractivity contribution in [1.82, 2.24) is 0 Å².